The summed E-state index contributed by atoms with van der Waals surface area (Å²) in [5, 5.41) is 8.98. The molecule has 3 nitrogen and oxygen atoms in total. The number of benzene rings is 2. The van der Waals surface area contributed by atoms with E-state index < -0.39 is 0 Å². The maximum atomic E-state index is 8.98. The van der Waals surface area contributed by atoms with Crippen molar-refractivity contribution in [2.75, 3.05) is 5.73 Å². The largest absolute Gasteiger partial charge is 0.487 e. The average molecular weight is 238 g/mol. The van der Waals surface area contributed by atoms with Gasteiger partial charge in [-0.25, -0.2) is 0 Å². The highest BCUT2D eigenvalue weighted by Gasteiger charge is 2.05. The molecule has 0 unspecified atom stereocenters. The zero-order valence-electron chi connectivity index (χ0n) is 10.2. The van der Waals surface area contributed by atoms with Crippen LogP contribution in [0.3, 0.4) is 0 Å². The number of nitrogens with zero attached hydrogens (tertiary/aromatic N) is 1. The predicted molar refractivity (Wildman–Crippen MR) is 71.1 cm³/mol. The molecule has 0 amide bonds. The van der Waals surface area contributed by atoms with Crippen molar-refractivity contribution in [3.05, 3.63) is 59.2 Å². The van der Waals surface area contributed by atoms with Gasteiger partial charge in [0.2, 0.25) is 0 Å². The van der Waals surface area contributed by atoms with Gasteiger partial charge in [0.25, 0.3) is 0 Å². The molecule has 0 spiro atoms. The van der Waals surface area contributed by atoms with E-state index in [1.165, 1.54) is 0 Å². The summed E-state index contributed by atoms with van der Waals surface area (Å²) in [5.74, 6) is 0.655. The second-order valence-electron chi connectivity index (χ2n) is 4.04. The Hall–Kier alpha value is -2.47. The molecular formula is C15H14N2O. The standard InChI is InChI=1S/C15H14N2O/c1-11-5-4-8-14(15(11)17)18-10-13-7-3-2-6-12(13)9-16/h2-8H,10,17H2,1H3. The van der Waals surface area contributed by atoms with E-state index >= 15 is 0 Å². The van der Waals surface area contributed by atoms with Crippen LogP contribution in [0.1, 0.15) is 16.7 Å². The molecule has 0 aromatic heterocycles. The Morgan fingerprint density at radius 3 is 2.72 bits per heavy atom. The Morgan fingerprint density at radius 1 is 1.17 bits per heavy atom. The summed E-state index contributed by atoms with van der Waals surface area (Å²) in [5.41, 5.74) is 9.05. The molecule has 3 heteroatoms. The van der Waals surface area contributed by atoms with Gasteiger partial charge in [0.15, 0.2) is 0 Å². The van der Waals surface area contributed by atoms with Crippen LogP contribution in [-0.2, 0) is 6.61 Å². The fourth-order valence-electron chi connectivity index (χ4n) is 1.69. The summed E-state index contributed by atoms with van der Waals surface area (Å²) in [6.07, 6.45) is 0. The van der Waals surface area contributed by atoms with Gasteiger partial charge < -0.3 is 10.5 Å². The van der Waals surface area contributed by atoms with Crippen molar-refractivity contribution in [1.82, 2.24) is 0 Å². The summed E-state index contributed by atoms with van der Waals surface area (Å²) < 4.78 is 5.67. The first-order valence-corrected chi connectivity index (χ1v) is 5.68. The van der Waals surface area contributed by atoms with Crippen molar-refractivity contribution in [1.29, 1.82) is 5.26 Å². The van der Waals surface area contributed by atoms with E-state index in [9.17, 15) is 0 Å². The zero-order valence-corrected chi connectivity index (χ0v) is 10.2. The lowest BCUT2D eigenvalue weighted by Crippen LogP contribution is -2.01. The number of nitrogens with two attached hydrogens (primary N) is 1. The van der Waals surface area contributed by atoms with Gasteiger partial charge in [-0.3, -0.25) is 0 Å². The monoisotopic (exact) mass is 238 g/mol. The van der Waals surface area contributed by atoms with Crippen molar-refractivity contribution in [3.8, 4) is 11.8 Å². The molecule has 0 radical (unpaired) electrons. The van der Waals surface area contributed by atoms with Gasteiger partial charge in [0.1, 0.15) is 12.4 Å². The summed E-state index contributed by atoms with van der Waals surface area (Å²) in [6.45, 7) is 2.28. The number of nitriles is 1. The van der Waals surface area contributed by atoms with Crippen LogP contribution in [0.4, 0.5) is 5.69 Å². The molecule has 0 atom stereocenters. The molecule has 2 rings (SSSR count). The molecule has 2 aromatic carbocycles. The van der Waals surface area contributed by atoms with Crippen molar-refractivity contribution in [2.24, 2.45) is 0 Å². The lowest BCUT2D eigenvalue weighted by Gasteiger charge is -2.11. The molecule has 0 fully saturated rings. The van der Waals surface area contributed by atoms with Gasteiger partial charge in [-0.1, -0.05) is 30.3 Å². The molecule has 2 aromatic rings. The fraction of sp³-hybridized carbons (Fsp3) is 0.133. The van der Waals surface area contributed by atoms with Crippen LogP contribution in [0.25, 0.3) is 0 Å². The molecule has 0 saturated carbocycles. The van der Waals surface area contributed by atoms with Gasteiger partial charge in [-0.05, 0) is 24.6 Å². The van der Waals surface area contributed by atoms with E-state index in [-0.39, 0.29) is 0 Å². The summed E-state index contributed by atoms with van der Waals surface area (Å²) in [4.78, 5) is 0. The molecule has 90 valence electrons. The Labute approximate surface area is 106 Å². The third-order valence-electron chi connectivity index (χ3n) is 2.81. The van der Waals surface area contributed by atoms with Gasteiger partial charge in [-0.2, -0.15) is 5.26 Å². The first kappa shape index (κ1) is 12.0. The first-order chi connectivity index (χ1) is 8.72. The number of rotatable bonds is 3. The van der Waals surface area contributed by atoms with Crippen molar-refractivity contribution in [2.45, 2.75) is 13.5 Å². The highest BCUT2D eigenvalue weighted by Crippen LogP contribution is 2.25. The smallest absolute Gasteiger partial charge is 0.142 e. The first-order valence-electron chi connectivity index (χ1n) is 5.68. The maximum Gasteiger partial charge on any atom is 0.142 e. The molecule has 0 saturated heterocycles. The number of ether oxygens (including phenoxy) is 1. The molecule has 0 aliphatic carbocycles. The van der Waals surface area contributed by atoms with E-state index in [2.05, 4.69) is 6.07 Å². The highest BCUT2D eigenvalue weighted by molar-refractivity contribution is 5.57. The van der Waals surface area contributed by atoms with Crippen LogP contribution in [-0.4, -0.2) is 0 Å². The van der Waals surface area contributed by atoms with Gasteiger partial charge >= 0.3 is 0 Å². The molecular weight excluding hydrogens is 224 g/mol. The van der Waals surface area contributed by atoms with Crippen LogP contribution in [0.15, 0.2) is 42.5 Å². The molecule has 0 aliphatic rings. The number of hydrogen-bond acceptors (Lipinski definition) is 3. The predicted octanol–water partition coefficient (Wildman–Crippen LogP) is 3.03. The average Bonchev–Trinajstić information content (AvgIpc) is 2.41. The molecule has 0 heterocycles. The SMILES string of the molecule is Cc1cccc(OCc2ccccc2C#N)c1N. The lowest BCUT2D eigenvalue weighted by molar-refractivity contribution is 0.307. The second kappa shape index (κ2) is 5.24. The van der Waals surface area contributed by atoms with Crippen LogP contribution in [0.5, 0.6) is 5.75 Å². The van der Waals surface area contributed by atoms with Gasteiger partial charge in [-0.15, -0.1) is 0 Å². The van der Waals surface area contributed by atoms with Crippen molar-refractivity contribution in [3.63, 3.8) is 0 Å². The Balaban J connectivity index is 2.17. The number of anilines is 1. The summed E-state index contributed by atoms with van der Waals surface area (Å²) in [6, 6.07) is 15.2. The Bertz CT molecular complexity index is 600. The number of aryl methyl sites for hydroxylation is 1. The van der Waals surface area contributed by atoms with Crippen molar-refractivity contribution >= 4 is 5.69 Å². The van der Waals surface area contributed by atoms with Gasteiger partial charge in [0.05, 0.1) is 17.3 Å². The third-order valence-corrected chi connectivity index (χ3v) is 2.81. The fourth-order valence-corrected chi connectivity index (χ4v) is 1.69. The minimum absolute atomic E-state index is 0.345. The van der Waals surface area contributed by atoms with Crippen molar-refractivity contribution < 1.29 is 4.74 Å². The minimum atomic E-state index is 0.345. The molecule has 0 bridgehead atoms. The normalized spacial score (nSPS) is 9.78. The molecule has 0 aliphatic heterocycles. The van der Waals surface area contributed by atoms with E-state index in [1.807, 2.05) is 43.3 Å². The van der Waals surface area contributed by atoms with Crippen LogP contribution < -0.4 is 10.5 Å². The lowest BCUT2D eigenvalue weighted by atomic mass is 10.1. The van der Waals surface area contributed by atoms with Crippen LogP contribution in [0.2, 0.25) is 0 Å². The van der Waals surface area contributed by atoms with E-state index in [0.29, 0.717) is 23.6 Å². The van der Waals surface area contributed by atoms with Crippen LogP contribution >= 0.6 is 0 Å². The summed E-state index contributed by atoms with van der Waals surface area (Å²) >= 11 is 0. The quantitative estimate of drug-likeness (QED) is 0.836. The van der Waals surface area contributed by atoms with E-state index in [1.54, 1.807) is 6.07 Å². The Kier molecular flexibility index (Phi) is 3.49. The molecule has 18 heavy (non-hydrogen) atoms. The van der Waals surface area contributed by atoms with Crippen LogP contribution in [0, 0.1) is 18.3 Å². The number of nitrogen functional groups attached to an aromatic ring is 1. The third kappa shape index (κ3) is 2.44. The van der Waals surface area contributed by atoms with E-state index in [4.69, 9.17) is 15.7 Å². The Morgan fingerprint density at radius 2 is 1.94 bits per heavy atom. The highest BCUT2D eigenvalue weighted by atomic mass is 16.5. The number of para-hydroxylation sites is 1. The molecule has 2 N–H and O–H groups in total. The second-order valence-corrected chi connectivity index (χ2v) is 4.04. The number of hydrogen-bond donors (Lipinski definition) is 1. The minimum Gasteiger partial charge on any atom is -0.487 e. The summed E-state index contributed by atoms with van der Waals surface area (Å²) in [7, 11) is 0. The maximum absolute atomic E-state index is 8.98. The van der Waals surface area contributed by atoms with E-state index in [0.717, 1.165) is 11.1 Å². The topological polar surface area (TPSA) is 59.0 Å². The van der Waals surface area contributed by atoms with Gasteiger partial charge in [0, 0.05) is 5.56 Å². The zero-order chi connectivity index (χ0) is 13.0.